The third-order valence-corrected chi connectivity index (χ3v) is 0. The maximum atomic E-state index is 0. The maximum absolute atomic E-state index is 0. The van der Waals surface area contributed by atoms with E-state index in [2.05, 4.69) is 0 Å². The summed E-state index contributed by atoms with van der Waals surface area (Å²) in [5.74, 6) is 0. The SMILES string of the molecule is [B].[C].[Fe].[P]. The van der Waals surface area contributed by atoms with Crippen molar-refractivity contribution in [2.75, 3.05) is 0 Å². The van der Waals surface area contributed by atoms with Gasteiger partial charge in [0.1, 0.15) is 0 Å². The van der Waals surface area contributed by atoms with Crippen molar-refractivity contribution in [3.8, 4) is 0 Å². The summed E-state index contributed by atoms with van der Waals surface area (Å²) in [5.41, 5.74) is 0. The largest absolute Gasteiger partial charge is 0 e. The Bertz CT molecular complexity index is 8.00. The summed E-state index contributed by atoms with van der Waals surface area (Å²) in [6, 6.07) is 0. The molecule has 10 radical (unpaired) electrons. The first-order valence-corrected chi connectivity index (χ1v) is 0. The van der Waals surface area contributed by atoms with Crippen LogP contribution in [0.5, 0.6) is 0 Å². The van der Waals surface area contributed by atoms with E-state index in [-0.39, 0.29) is 42.8 Å². The maximum Gasteiger partial charge on any atom is 0 e. The Labute approximate surface area is 43.4 Å². The number of hydrogen-bond donors (Lipinski definition) is 0. The average Bonchev–Trinajstić information content (AvgIpc) is 0. The van der Waals surface area contributed by atoms with Gasteiger partial charge in [-0.2, -0.15) is 0 Å². The molecule has 0 saturated heterocycles. The molecule has 0 aromatic rings. The molecule has 0 amide bonds. The van der Waals surface area contributed by atoms with Gasteiger partial charge in [-0.1, -0.05) is 0 Å². The molecule has 0 aliphatic carbocycles. The van der Waals surface area contributed by atoms with Crippen molar-refractivity contribution in [2.24, 2.45) is 0 Å². The standard InChI is InChI=1S/C.B.Fe.P. The van der Waals surface area contributed by atoms with Crippen molar-refractivity contribution in [2.45, 2.75) is 0 Å². The fraction of sp³-hybridized carbons (Fsp3) is 0. The van der Waals surface area contributed by atoms with Crippen molar-refractivity contribution in [3.63, 3.8) is 0 Å². The Hall–Kier alpha value is 1.01. The molecule has 0 aliphatic heterocycles. The van der Waals surface area contributed by atoms with Crippen LogP contribution >= 0.6 is 9.90 Å². The minimum absolute atomic E-state index is 0. The van der Waals surface area contributed by atoms with E-state index >= 15 is 0 Å². The van der Waals surface area contributed by atoms with Crippen LogP contribution in [0.3, 0.4) is 0 Å². The fourth-order valence-corrected chi connectivity index (χ4v) is 0. The van der Waals surface area contributed by atoms with Crippen molar-refractivity contribution in [1.29, 1.82) is 0 Å². The van der Waals surface area contributed by atoms with E-state index < -0.39 is 0 Å². The first-order valence-electron chi connectivity index (χ1n) is 0. The van der Waals surface area contributed by atoms with E-state index in [4.69, 9.17) is 0 Å². The van der Waals surface area contributed by atoms with Crippen molar-refractivity contribution >= 4 is 18.3 Å². The van der Waals surface area contributed by atoms with Gasteiger partial charge in [-0.3, -0.25) is 0 Å². The van der Waals surface area contributed by atoms with Gasteiger partial charge >= 0.3 is 0 Å². The Morgan fingerprint density at radius 3 is 1.00 bits per heavy atom. The molecule has 0 atom stereocenters. The van der Waals surface area contributed by atoms with E-state index in [1.165, 1.54) is 0 Å². The second-order valence-electron chi connectivity index (χ2n) is 0. The molecule has 0 unspecified atom stereocenters. The zero-order chi connectivity index (χ0) is 0. The molecule has 0 nitrogen and oxygen atoms in total. The van der Waals surface area contributed by atoms with Crippen LogP contribution < -0.4 is 0 Å². The molecule has 0 bridgehead atoms. The molecule has 0 aromatic heterocycles. The molecule has 0 N–H and O–H groups in total. The second-order valence-corrected chi connectivity index (χ2v) is 0. The first-order chi connectivity index (χ1) is 0. The van der Waals surface area contributed by atoms with Crippen LogP contribution in [0.25, 0.3) is 0 Å². The van der Waals surface area contributed by atoms with Crippen LogP contribution in [0.2, 0.25) is 0 Å². The summed E-state index contributed by atoms with van der Waals surface area (Å²) in [4.78, 5) is 0. The summed E-state index contributed by atoms with van der Waals surface area (Å²) in [5, 5.41) is 0. The van der Waals surface area contributed by atoms with Crippen LogP contribution in [0, 0.1) is 7.43 Å². The van der Waals surface area contributed by atoms with Gasteiger partial charge in [-0.25, -0.2) is 0 Å². The third kappa shape index (κ3) is 11.9. The molecule has 0 saturated carbocycles. The van der Waals surface area contributed by atoms with Crippen LogP contribution in [-0.4, -0.2) is 8.41 Å². The Morgan fingerprint density at radius 1 is 1.00 bits per heavy atom. The molecular formula is CBFeP. The van der Waals surface area contributed by atoms with Crippen molar-refractivity contribution in [3.05, 3.63) is 7.43 Å². The zero-order valence-electron chi connectivity index (χ0n) is 1.88. The summed E-state index contributed by atoms with van der Waals surface area (Å²) in [6.07, 6.45) is 0. The van der Waals surface area contributed by atoms with Crippen molar-refractivity contribution in [1.82, 2.24) is 0 Å². The van der Waals surface area contributed by atoms with E-state index in [1.807, 2.05) is 0 Å². The topological polar surface area (TPSA) is 0 Å². The van der Waals surface area contributed by atoms with Gasteiger partial charge < -0.3 is 0 Å². The predicted octanol–water partition coefficient (Wildman–Crippen LogP) is 0.559. The summed E-state index contributed by atoms with van der Waals surface area (Å²) in [6.45, 7) is 0. The monoisotopic (exact) mass is 110 g/mol. The molecule has 0 fully saturated rings. The molecule has 4 heavy (non-hydrogen) atoms. The third-order valence-electron chi connectivity index (χ3n) is 0. The van der Waals surface area contributed by atoms with Gasteiger partial charge in [0.25, 0.3) is 0 Å². The van der Waals surface area contributed by atoms with E-state index in [0.717, 1.165) is 0 Å². The number of rotatable bonds is 0. The second kappa shape index (κ2) is 35.4. The Balaban J connectivity index is 0. The van der Waals surface area contributed by atoms with Crippen LogP contribution in [0.4, 0.5) is 0 Å². The van der Waals surface area contributed by atoms with Gasteiger partial charge in [-0.05, 0) is 0 Å². The van der Waals surface area contributed by atoms with Gasteiger partial charge in [-0.15, -0.1) is 0 Å². The Kier molecular flexibility index (Phi) is 696. The van der Waals surface area contributed by atoms with Gasteiger partial charge in [0.05, 0.1) is 0 Å². The summed E-state index contributed by atoms with van der Waals surface area (Å²) in [7, 11) is 0. The van der Waals surface area contributed by atoms with Gasteiger partial charge in [0.15, 0.2) is 0 Å². The molecule has 0 rings (SSSR count). The first kappa shape index (κ1) is 78.5. The van der Waals surface area contributed by atoms with Crippen molar-refractivity contribution < 1.29 is 17.1 Å². The molecule has 0 spiro atoms. The smallest absolute Gasteiger partial charge is 0 e. The molecule has 0 aliphatic rings. The van der Waals surface area contributed by atoms with E-state index in [9.17, 15) is 0 Å². The molecule has 20 valence electrons. The molecule has 0 aromatic carbocycles. The molecule has 3 heteroatoms. The minimum Gasteiger partial charge on any atom is 0 e. The zero-order valence-corrected chi connectivity index (χ0v) is 3.88. The van der Waals surface area contributed by atoms with E-state index in [1.54, 1.807) is 0 Å². The van der Waals surface area contributed by atoms with Gasteiger partial charge in [0.2, 0.25) is 0 Å². The average molecular weight is 110 g/mol. The van der Waals surface area contributed by atoms with Crippen LogP contribution in [0.1, 0.15) is 0 Å². The summed E-state index contributed by atoms with van der Waals surface area (Å²) < 4.78 is 0. The number of hydrogen-bond acceptors (Lipinski definition) is 0. The Morgan fingerprint density at radius 2 is 1.00 bits per heavy atom. The minimum atomic E-state index is 0. The normalized spacial score (nSPS) is 0. The molecular weight excluding hydrogens is 110 g/mol. The quantitative estimate of drug-likeness (QED) is 0.315. The summed E-state index contributed by atoms with van der Waals surface area (Å²) >= 11 is 0. The molecule has 0 heterocycles. The van der Waals surface area contributed by atoms with Gasteiger partial charge in [0, 0.05) is 42.8 Å². The fourth-order valence-electron chi connectivity index (χ4n) is 0. The predicted molar refractivity (Wildman–Crippen MR) is 15.9 cm³/mol. The van der Waals surface area contributed by atoms with Crippen LogP contribution in [-0.2, 0) is 17.1 Å². The van der Waals surface area contributed by atoms with E-state index in [0.29, 0.717) is 0 Å². The van der Waals surface area contributed by atoms with Crippen LogP contribution in [0.15, 0.2) is 0 Å².